The first-order chi connectivity index (χ1) is 9.63. The van der Waals surface area contributed by atoms with Crippen LogP contribution < -0.4 is 5.32 Å². The Kier molecular flexibility index (Phi) is 3.33. The molecule has 8 heteroatoms. The summed E-state index contributed by atoms with van der Waals surface area (Å²) in [4.78, 5) is 25.1. The second kappa shape index (κ2) is 5.14. The van der Waals surface area contributed by atoms with Crippen LogP contribution in [-0.2, 0) is 0 Å². The molecule has 0 aliphatic heterocycles. The van der Waals surface area contributed by atoms with Crippen molar-refractivity contribution in [3.05, 3.63) is 33.5 Å². The Balaban J connectivity index is 1.78. The lowest BCUT2D eigenvalue weighted by Crippen LogP contribution is -2.11. The van der Waals surface area contributed by atoms with E-state index in [-0.39, 0.29) is 5.91 Å². The second-order valence-electron chi connectivity index (χ2n) is 4.01. The van der Waals surface area contributed by atoms with E-state index < -0.39 is 0 Å². The number of oxazole rings is 1. The van der Waals surface area contributed by atoms with E-state index in [2.05, 4.69) is 20.3 Å². The van der Waals surface area contributed by atoms with Gasteiger partial charge >= 0.3 is 0 Å². The van der Waals surface area contributed by atoms with Gasteiger partial charge in [0.1, 0.15) is 10.6 Å². The molecule has 0 aromatic carbocycles. The average molecular weight is 306 g/mol. The molecule has 0 spiro atoms. The zero-order valence-corrected chi connectivity index (χ0v) is 12.3. The molecular weight excluding hydrogens is 296 g/mol. The van der Waals surface area contributed by atoms with E-state index in [4.69, 9.17) is 4.42 Å². The molecule has 0 saturated heterocycles. The van der Waals surface area contributed by atoms with Crippen molar-refractivity contribution in [2.75, 3.05) is 5.32 Å². The van der Waals surface area contributed by atoms with Crippen molar-refractivity contribution in [2.24, 2.45) is 0 Å². The molecular formula is C12H10N4O2S2. The minimum absolute atomic E-state index is 0.188. The van der Waals surface area contributed by atoms with Crippen LogP contribution in [0.1, 0.15) is 20.4 Å². The summed E-state index contributed by atoms with van der Waals surface area (Å²) in [5, 5.41) is 5.97. The smallest absolute Gasteiger partial charge is 0.269 e. The number of amides is 1. The highest BCUT2D eigenvalue weighted by Crippen LogP contribution is 2.25. The molecule has 0 radical (unpaired) electrons. The van der Waals surface area contributed by atoms with Crippen LogP contribution in [0.25, 0.3) is 11.5 Å². The highest BCUT2D eigenvalue weighted by Gasteiger charge is 2.16. The van der Waals surface area contributed by atoms with Crippen molar-refractivity contribution in [3.8, 4) is 11.5 Å². The number of nitrogens with zero attached hydrogens (tertiary/aromatic N) is 3. The molecule has 0 aliphatic carbocycles. The number of thiazole rings is 2. The average Bonchev–Trinajstić information content (AvgIpc) is 3.09. The number of nitrogens with one attached hydrogen (secondary N) is 1. The standard InChI is InChI=1S/C12H10N4O2S2/c1-6-10(20-7(2)14-6)11(17)16-12-15-8(4-19-12)9-3-13-5-18-9/h3-5H,1-2H3,(H,15,16,17). The Morgan fingerprint density at radius 2 is 2.20 bits per heavy atom. The van der Waals surface area contributed by atoms with Gasteiger partial charge in [-0.25, -0.2) is 15.0 Å². The predicted octanol–water partition coefficient (Wildman–Crippen LogP) is 3.12. The third kappa shape index (κ3) is 2.47. The van der Waals surface area contributed by atoms with Crippen LogP contribution in [0.4, 0.5) is 5.13 Å². The van der Waals surface area contributed by atoms with Crippen LogP contribution in [0.2, 0.25) is 0 Å². The first-order valence-electron chi connectivity index (χ1n) is 5.73. The summed E-state index contributed by atoms with van der Waals surface area (Å²) in [7, 11) is 0. The van der Waals surface area contributed by atoms with E-state index >= 15 is 0 Å². The van der Waals surface area contributed by atoms with Crippen LogP contribution in [0.15, 0.2) is 22.4 Å². The zero-order chi connectivity index (χ0) is 14.1. The molecule has 3 rings (SSSR count). The van der Waals surface area contributed by atoms with Gasteiger partial charge in [0.25, 0.3) is 5.91 Å². The molecule has 20 heavy (non-hydrogen) atoms. The zero-order valence-electron chi connectivity index (χ0n) is 10.7. The summed E-state index contributed by atoms with van der Waals surface area (Å²) < 4.78 is 5.16. The summed E-state index contributed by atoms with van der Waals surface area (Å²) in [6.07, 6.45) is 2.92. The first kappa shape index (κ1) is 12.9. The SMILES string of the molecule is Cc1nc(C)c(C(=O)Nc2nc(-c3cnco3)cs2)s1. The van der Waals surface area contributed by atoms with Gasteiger partial charge in [-0.1, -0.05) is 0 Å². The summed E-state index contributed by atoms with van der Waals surface area (Å²) in [6, 6.07) is 0. The first-order valence-corrected chi connectivity index (χ1v) is 7.43. The molecule has 3 aromatic heterocycles. The second-order valence-corrected chi connectivity index (χ2v) is 6.07. The number of hydrogen-bond acceptors (Lipinski definition) is 7. The molecule has 3 heterocycles. The molecule has 0 unspecified atom stereocenters. The fourth-order valence-corrected chi connectivity index (χ4v) is 3.19. The Morgan fingerprint density at radius 1 is 1.35 bits per heavy atom. The van der Waals surface area contributed by atoms with Crippen molar-refractivity contribution in [2.45, 2.75) is 13.8 Å². The Bertz CT molecular complexity index is 745. The predicted molar refractivity (Wildman–Crippen MR) is 77.2 cm³/mol. The van der Waals surface area contributed by atoms with Crippen LogP contribution in [0, 0.1) is 13.8 Å². The van der Waals surface area contributed by atoms with Crippen molar-refractivity contribution in [1.29, 1.82) is 0 Å². The molecule has 0 saturated carbocycles. The summed E-state index contributed by atoms with van der Waals surface area (Å²) in [6.45, 7) is 3.69. The van der Waals surface area contributed by atoms with Gasteiger partial charge in [0, 0.05) is 5.38 Å². The fraction of sp³-hybridized carbons (Fsp3) is 0.167. The lowest BCUT2D eigenvalue weighted by atomic mass is 10.4. The topological polar surface area (TPSA) is 80.9 Å². The number of carbonyl (C=O) groups is 1. The van der Waals surface area contributed by atoms with E-state index in [9.17, 15) is 4.79 Å². The summed E-state index contributed by atoms with van der Waals surface area (Å²) in [5.74, 6) is 0.387. The highest BCUT2D eigenvalue weighted by atomic mass is 32.1. The van der Waals surface area contributed by atoms with Crippen molar-refractivity contribution in [3.63, 3.8) is 0 Å². The number of aryl methyl sites for hydroxylation is 2. The van der Waals surface area contributed by atoms with E-state index in [1.807, 2.05) is 13.8 Å². The third-order valence-electron chi connectivity index (χ3n) is 2.52. The van der Waals surface area contributed by atoms with Gasteiger partial charge in [-0.2, -0.15) is 0 Å². The summed E-state index contributed by atoms with van der Waals surface area (Å²) in [5.41, 5.74) is 1.39. The molecule has 1 amide bonds. The molecule has 0 fully saturated rings. The minimum atomic E-state index is -0.188. The highest BCUT2D eigenvalue weighted by molar-refractivity contribution is 7.15. The lowest BCUT2D eigenvalue weighted by Gasteiger charge is -1.98. The molecule has 0 bridgehead atoms. The van der Waals surface area contributed by atoms with Gasteiger partial charge in [0.05, 0.1) is 16.9 Å². The molecule has 102 valence electrons. The minimum Gasteiger partial charge on any atom is -0.442 e. The fourth-order valence-electron chi connectivity index (χ4n) is 1.68. The van der Waals surface area contributed by atoms with Gasteiger partial charge in [-0.05, 0) is 13.8 Å². The van der Waals surface area contributed by atoms with Crippen molar-refractivity contribution < 1.29 is 9.21 Å². The van der Waals surface area contributed by atoms with Crippen molar-refractivity contribution >= 4 is 33.7 Å². The van der Waals surface area contributed by atoms with Gasteiger partial charge in [0.15, 0.2) is 17.3 Å². The van der Waals surface area contributed by atoms with E-state index in [1.165, 1.54) is 29.1 Å². The van der Waals surface area contributed by atoms with Crippen molar-refractivity contribution in [1.82, 2.24) is 15.0 Å². The van der Waals surface area contributed by atoms with Crippen LogP contribution in [-0.4, -0.2) is 20.9 Å². The van der Waals surface area contributed by atoms with Gasteiger partial charge in [0.2, 0.25) is 0 Å². The van der Waals surface area contributed by atoms with E-state index in [0.717, 1.165) is 10.7 Å². The van der Waals surface area contributed by atoms with E-state index in [0.29, 0.717) is 21.5 Å². The summed E-state index contributed by atoms with van der Waals surface area (Å²) >= 11 is 2.71. The van der Waals surface area contributed by atoms with Crippen LogP contribution in [0.5, 0.6) is 0 Å². The maximum absolute atomic E-state index is 12.1. The third-order valence-corrected chi connectivity index (χ3v) is 4.35. The number of hydrogen-bond donors (Lipinski definition) is 1. The molecule has 0 aliphatic rings. The monoisotopic (exact) mass is 306 g/mol. The number of anilines is 1. The largest absolute Gasteiger partial charge is 0.442 e. The van der Waals surface area contributed by atoms with Gasteiger partial charge in [-0.15, -0.1) is 22.7 Å². The maximum Gasteiger partial charge on any atom is 0.269 e. The molecule has 3 aromatic rings. The Morgan fingerprint density at radius 3 is 2.85 bits per heavy atom. The van der Waals surface area contributed by atoms with Crippen LogP contribution in [0.3, 0.4) is 0 Å². The normalized spacial score (nSPS) is 10.7. The Labute approximate surface area is 122 Å². The quantitative estimate of drug-likeness (QED) is 0.804. The van der Waals surface area contributed by atoms with E-state index in [1.54, 1.807) is 11.6 Å². The van der Waals surface area contributed by atoms with Gasteiger partial charge < -0.3 is 4.42 Å². The lowest BCUT2D eigenvalue weighted by molar-refractivity contribution is 0.103. The Hall–Kier alpha value is -2.06. The molecule has 6 nitrogen and oxygen atoms in total. The van der Waals surface area contributed by atoms with Gasteiger partial charge in [-0.3, -0.25) is 10.1 Å². The molecule has 1 N–H and O–H groups in total. The maximum atomic E-state index is 12.1. The van der Waals surface area contributed by atoms with Crippen LogP contribution >= 0.6 is 22.7 Å². The number of rotatable bonds is 3. The molecule has 0 atom stereocenters. The number of aromatic nitrogens is 3. The number of carbonyl (C=O) groups excluding carboxylic acids is 1.